The van der Waals surface area contributed by atoms with Crippen molar-refractivity contribution in [2.75, 3.05) is 0 Å². The van der Waals surface area contributed by atoms with Crippen molar-refractivity contribution in [1.82, 2.24) is 0 Å². The molecule has 0 amide bonds. The molecule has 0 aliphatic carbocycles. The van der Waals surface area contributed by atoms with Crippen LogP contribution in [0.5, 0.6) is 5.75 Å². The minimum absolute atomic E-state index is 0.0311. The first kappa shape index (κ1) is 17.0. The van der Waals surface area contributed by atoms with Gasteiger partial charge < -0.3 is 9.84 Å². The molecule has 0 saturated heterocycles. The number of hydrogen-bond acceptors (Lipinski definition) is 3. The first-order valence-electron chi connectivity index (χ1n) is 7.08. The van der Waals surface area contributed by atoms with Gasteiger partial charge in [0.1, 0.15) is 5.75 Å². The van der Waals surface area contributed by atoms with Gasteiger partial charge in [-0.25, -0.2) is 4.79 Å². The van der Waals surface area contributed by atoms with E-state index in [2.05, 4.69) is 0 Å². The van der Waals surface area contributed by atoms with Crippen LogP contribution in [0.2, 0.25) is 5.02 Å². The minimum atomic E-state index is -1.32. The lowest BCUT2D eigenvalue weighted by molar-refractivity contribution is -0.152. The van der Waals surface area contributed by atoms with E-state index in [1.807, 2.05) is 12.1 Å². The van der Waals surface area contributed by atoms with E-state index in [1.165, 1.54) is 13.8 Å². The topological polar surface area (TPSA) is 63.6 Å². The smallest absolute Gasteiger partial charge is 0.347 e. The molecule has 0 unspecified atom stereocenters. The van der Waals surface area contributed by atoms with Gasteiger partial charge in [0.05, 0.1) is 0 Å². The molecule has 0 radical (unpaired) electrons. The SMILES string of the molecule is CC(C)(Oc1ccc(C(=O)Cc2ccc(Cl)cc2)cc1)C(=O)O. The molecule has 0 atom stereocenters. The highest BCUT2D eigenvalue weighted by Gasteiger charge is 2.29. The standard InChI is InChI=1S/C18H17ClO4/c1-18(2,17(21)22)23-15-9-5-13(6-10-15)16(20)11-12-3-7-14(19)8-4-12/h3-10H,11H2,1-2H3,(H,21,22). The molecule has 23 heavy (non-hydrogen) atoms. The zero-order valence-electron chi connectivity index (χ0n) is 12.9. The van der Waals surface area contributed by atoms with E-state index in [4.69, 9.17) is 21.4 Å². The Morgan fingerprint density at radius 2 is 1.61 bits per heavy atom. The van der Waals surface area contributed by atoms with Crippen LogP contribution in [-0.2, 0) is 11.2 Å². The van der Waals surface area contributed by atoms with Crippen molar-refractivity contribution >= 4 is 23.4 Å². The molecule has 0 aliphatic rings. The fourth-order valence-electron chi connectivity index (χ4n) is 1.94. The summed E-state index contributed by atoms with van der Waals surface area (Å²) in [6.45, 7) is 2.93. The van der Waals surface area contributed by atoms with Crippen LogP contribution in [0.25, 0.3) is 0 Å². The Labute approximate surface area is 139 Å². The molecule has 4 nitrogen and oxygen atoms in total. The van der Waals surface area contributed by atoms with E-state index in [0.29, 0.717) is 16.3 Å². The molecular weight excluding hydrogens is 316 g/mol. The van der Waals surface area contributed by atoms with Crippen LogP contribution in [0.1, 0.15) is 29.8 Å². The molecule has 0 fully saturated rings. The van der Waals surface area contributed by atoms with Crippen LogP contribution in [0.4, 0.5) is 0 Å². The van der Waals surface area contributed by atoms with Crippen LogP contribution in [0.3, 0.4) is 0 Å². The zero-order chi connectivity index (χ0) is 17.0. The number of carboxylic acids is 1. The summed E-state index contributed by atoms with van der Waals surface area (Å²) < 4.78 is 5.40. The lowest BCUT2D eigenvalue weighted by Crippen LogP contribution is -2.37. The number of carbonyl (C=O) groups is 2. The highest BCUT2D eigenvalue weighted by Crippen LogP contribution is 2.20. The third-order valence-electron chi connectivity index (χ3n) is 3.34. The number of Topliss-reactive ketones (excluding diaryl/α,β-unsaturated/α-hetero) is 1. The summed E-state index contributed by atoms with van der Waals surface area (Å²) in [4.78, 5) is 23.3. The lowest BCUT2D eigenvalue weighted by Gasteiger charge is -2.21. The molecule has 1 N–H and O–H groups in total. The molecule has 2 aromatic rings. The Hall–Kier alpha value is -2.33. The summed E-state index contributed by atoms with van der Waals surface area (Å²) in [6.07, 6.45) is 0.276. The van der Waals surface area contributed by atoms with Crippen molar-refractivity contribution in [3.63, 3.8) is 0 Å². The number of aliphatic carboxylic acids is 1. The van der Waals surface area contributed by atoms with Gasteiger partial charge >= 0.3 is 5.97 Å². The lowest BCUT2D eigenvalue weighted by atomic mass is 10.0. The molecule has 0 bridgehead atoms. The van der Waals surface area contributed by atoms with Crippen LogP contribution >= 0.6 is 11.6 Å². The summed E-state index contributed by atoms with van der Waals surface area (Å²) in [5.74, 6) is -0.683. The van der Waals surface area contributed by atoms with E-state index < -0.39 is 11.6 Å². The number of hydrogen-bond donors (Lipinski definition) is 1. The minimum Gasteiger partial charge on any atom is -0.478 e. The van der Waals surface area contributed by atoms with Gasteiger partial charge in [0.2, 0.25) is 0 Å². The highest BCUT2D eigenvalue weighted by molar-refractivity contribution is 6.30. The Morgan fingerprint density at radius 3 is 2.13 bits per heavy atom. The number of ketones is 1. The van der Waals surface area contributed by atoms with E-state index in [-0.39, 0.29) is 12.2 Å². The number of halogens is 1. The number of carboxylic acid groups (broad SMARTS) is 1. The van der Waals surface area contributed by atoms with Crippen LogP contribution in [0, 0.1) is 0 Å². The summed E-state index contributed by atoms with van der Waals surface area (Å²) in [5.41, 5.74) is 0.0987. The van der Waals surface area contributed by atoms with E-state index >= 15 is 0 Å². The summed E-state index contributed by atoms with van der Waals surface area (Å²) in [7, 11) is 0. The molecule has 120 valence electrons. The van der Waals surface area contributed by atoms with Crippen molar-refractivity contribution in [2.45, 2.75) is 25.9 Å². The predicted octanol–water partition coefficient (Wildman–Crippen LogP) is 4.01. The van der Waals surface area contributed by atoms with Gasteiger partial charge in [-0.3, -0.25) is 4.79 Å². The van der Waals surface area contributed by atoms with Crippen molar-refractivity contribution < 1.29 is 19.4 Å². The summed E-state index contributed by atoms with van der Waals surface area (Å²) >= 11 is 5.82. The van der Waals surface area contributed by atoms with E-state index in [0.717, 1.165) is 5.56 Å². The molecular formula is C18H17ClO4. The largest absolute Gasteiger partial charge is 0.478 e. The summed E-state index contributed by atoms with van der Waals surface area (Å²) in [6, 6.07) is 13.6. The maximum Gasteiger partial charge on any atom is 0.347 e. The molecule has 0 aromatic heterocycles. The fourth-order valence-corrected chi connectivity index (χ4v) is 2.06. The normalized spacial score (nSPS) is 11.1. The molecule has 2 rings (SSSR count). The van der Waals surface area contributed by atoms with Crippen molar-refractivity contribution in [3.05, 3.63) is 64.7 Å². The Bertz CT molecular complexity index is 703. The Morgan fingerprint density at radius 1 is 1.04 bits per heavy atom. The highest BCUT2D eigenvalue weighted by atomic mass is 35.5. The summed E-state index contributed by atoms with van der Waals surface area (Å²) in [5, 5.41) is 9.67. The van der Waals surface area contributed by atoms with Gasteiger partial charge in [-0.05, 0) is 55.8 Å². The molecule has 0 spiro atoms. The van der Waals surface area contributed by atoms with E-state index in [9.17, 15) is 9.59 Å². The van der Waals surface area contributed by atoms with Gasteiger partial charge in [0.25, 0.3) is 0 Å². The molecule has 0 aliphatic heterocycles. The molecule has 2 aromatic carbocycles. The van der Waals surface area contributed by atoms with Crippen LogP contribution in [0.15, 0.2) is 48.5 Å². The number of benzene rings is 2. The van der Waals surface area contributed by atoms with Crippen molar-refractivity contribution in [1.29, 1.82) is 0 Å². The van der Waals surface area contributed by atoms with E-state index in [1.54, 1.807) is 36.4 Å². The maximum atomic E-state index is 12.2. The average Bonchev–Trinajstić information content (AvgIpc) is 2.49. The first-order chi connectivity index (χ1) is 10.8. The van der Waals surface area contributed by atoms with Gasteiger partial charge in [-0.2, -0.15) is 0 Å². The van der Waals surface area contributed by atoms with Crippen molar-refractivity contribution in [2.24, 2.45) is 0 Å². The second kappa shape index (κ2) is 6.84. The Balaban J connectivity index is 2.05. The Kier molecular flexibility index (Phi) is 5.06. The van der Waals surface area contributed by atoms with Crippen molar-refractivity contribution in [3.8, 4) is 5.75 Å². The maximum absolute atomic E-state index is 12.2. The number of rotatable bonds is 6. The average molecular weight is 333 g/mol. The van der Waals surface area contributed by atoms with Gasteiger partial charge in [-0.15, -0.1) is 0 Å². The number of ether oxygens (including phenoxy) is 1. The second-order valence-corrected chi connectivity index (χ2v) is 6.10. The third-order valence-corrected chi connectivity index (χ3v) is 3.59. The van der Waals surface area contributed by atoms with Gasteiger partial charge in [0.15, 0.2) is 11.4 Å². The molecule has 0 saturated carbocycles. The fraction of sp³-hybridized carbons (Fsp3) is 0.222. The molecule has 0 heterocycles. The predicted molar refractivity (Wildman–Crippen MR) is 88.3 cm³/mol. The number of carbonyl (C=O) groups excluding carboxylic acids is 1. The monoisotopic (exact) mass is 332 g/mol. The van der Waals surface area contributed by atoms with Crippen LogP contribution < -0.4 is 4.74 Å². The third kappa shape index (κ3) is 4.57. The first-order valence-corrected chi connectivity index (χ1v) is 7.46. The second-order valence-electron chi connectivity index (χ2n) is 5.67. The van der Waals surface area contributed by atoms with Gasteiger partial charge in [0, 0.05) is 17.0 Å². The van der Waals surface area contributed by atoms with Crippen LogP contribution in [-0.4, -0.2) is 22.5 Å². The quantitative estimate of drug-likeness (QED) is 0.812. The zero-order valence-corrected chi connectivity index (χ0v) is 13.6. The molecule has 5 heteroatoms. The van der Waals surface area contributed by atoms with Gasteiger partial charge in [-0.1, -0.05) is 23.7 Å².